The summed E-state index contributed by atoms with van der Waals surface area (Å²) in [6.07, 6.45) is 0.0287. The van der Waals surface area contributed by atoms with E-state index >= 15 is 0 Å². The fourth-order valence-electron chi connectivity index (χ4n) is 2.29. The number of carbonyl (C=O) groups is 1. The summed E-state index contributed by atoms with van der Waals surface area (Å²) in [6.45, 7) is 7.35. The number of benzene rings is 2. The lowest BCUT2D eigenvalue weighted by Gasteiger charge is -2.13. The maximum atomic E-state index is 12.4. The van der Waals surface area contributed by atoms with Gasteiger partial charge in [-0.3, -0.25) is 4.79 Å². The number of amides is 1. The van der Waals surface area contributed by atoms with Gasteiger partial charge in [0, 0.05) is 17.3 Å². The van der Waals surface area contributed by atoms with Gasteiger partial charge in [-0.05, 0) is 86.1 Å². The fourth-order valence-corrected chi connectivity index (χ4v) is 4.01. The molecule has 6 nitrogen and oxygen atoms in total. The Hall–Kier alpha value is -1.90. The van der Waals surface area contributed by atoms with E-state index in [0.29, 0.717) is 21.5 Å². The number of hydrogen-bond acceptors (Lipinski definition) is 4. The van der Waals surface area contributed by atoms with Crippen molar-refractivity contribution in [1.82, 2.24) is 4.72 Å². The molecule has 8 heteroatoms. The molecule has 0 atom stereocenters. The minimum atomic E-state index is -3.56. The highest BCUT2D eigenvalue weighted by Crippen LogP contribution is 2.27. The van der Waals surface area contributed by atoms with Gasteiger partial charge in [0.15, 0.2) is 0 Å². The third-order valence-electron chi connectivity index (χ3n) is 3.37. The summed E-state index contributed by atoms with van der Waals surface area (Å²) in [6, 6.07) is 10.9. The summed E-state index contributed by atoms with van der Waals surface area (Å²) >= 11 is 3.40. The van der Waals surface area contributed by atoms with Gasteiger partial charge in [-0.2, -0.15) is 0 Å². The molecule has 2 rings (SSSR count). The van der Waals surface area contributed by atoms with Crippen LogP contribution in [-0.4, -0.2) is 26.5 Å². The molecule has 0 saturated carbocycles. The van der Waals surface area contributed by atoms with Gasteiger partial charge in [0.2, 0.25) is 10.0 Å². The molecule has 0 aromatic heterocycles. The van der Waals surface area contributed by atoms with E-state index in [1.165, 1.54) is 12.1 Å². The van der Waals surface area contributed by atoms with E-state index in [-0.39, 0.29) is 22.9 Å². The Morgan fingerprint density at radius 2 is 1.67 bits per heavy atom. The van der Waals surface area contributed by atoms with Crippen LogP contribution < -0.4 is 14.8 Å². The van der Waals surface area contributed by atoms with E-state index in [1.54, 1.807) is 44.2 Å². The molecule has 0 unspecified atom stereocenters. The van der Waals surface area contributed by atoms with Gasteiger partial charge in [0.1, 0.15) is 5.75 Å². The summed E-state index contributed by atoms with van der Waals surface area (Å²) < 4.78 is 33.1. The molecule has 0 saturated heterocycles. The number of sulfonamides is 1. The fraction of sp³-hybridized carbons (Fsp3) is 0.316. The Labute approximate surface area is 168 Å². The molecule has 0 aliphatic carbocycles. The number of halogens is 1. The third kappa shape index (κ3) is 6.05. The van der Waals surface area contributed by atoms with E-state index < -0.39 is 10.0 Å². The lowest BCUT2D eigenvalue weighted by atomic mass is 10.2. The zero-order valence-electron chi connectivity index (χ0n) is 15.6. The molecule has 2 aromatic carbocycles. The number of ether oxygens (including phenoxy) is 1. The SMILES string of the molecule is CC(C)NS(=O)(=O)c1ccc(NC(=O)c2ccc(OC(C)C)c(Br)c2)cc1. The number of hydrogen-bond donors (Lipinski definition) is 2. The number of anilines is 1. The van der Waals surface area contributed by atoms with Crippen LogP contribution >= 0.6 is 15.9 Å². The third-order valence-corrected chi connectivity index (χ3v) is 5.66. The molecule has 0 heterocycles. The van der Waals surface area contributed by atoms with Crippen molar-refractivity contribution < 1.29 is 17.9 Å². The second-order valence-corrected chi connectivity index (χ2v) is 9.13. The van der Waals surface area contributed by atoms with Gasteiger partial charge in [-0.1, -0.05) is 0 Å². The quantitative estimate of drug-likeness (QED) is 0.656. The highest BCUT2D eigenvalue weighted by atomic mass is 79.9. The van der Waals surface area contributed by atoms with Crippen LogP contribution in [0.5, 0.6) is 5.75 Å². The van der Waals surface area contributed by atoms with Gasteiger partial charge in [0.05, 0.1) is 15.5 Å². The molecule has 0 bridgehead atoms. The Balaban J connectivity index is 2.11. The Bertz CT molecular complexity index is 910. The van der Waals surface area contributed by atoms with Gasteiger partial charge in [0.25, 0.3) is 5.91 Å². The van der Waals surface area contributed by atoms with Crippen LogP contribution in [0.2, 0.25) is 0 Å². The van der Waals surface area contributed by atoms with Crippen LogP contribution in [0.4, 0.5) is 5.69 Å². The van der Waals surface area contributed by atoms with Crippen molar-refractivity contribution in [3.8, 4) is 5.75 Å². The minimum absolute atomic E-state index is 0.0287. The van der Waals surface area contributed by atoms with Crippen molar-refractivity contribution in [2.75, 3.05) is 5.32 Å². The molecule has 146 valence electrons. The lowest BCUT2D eigenvalue weighted by Crippen LogP contribution is -2.30. The zero-order valence-corrected chi connectivity index (χ0v) is 18.0. The van der Waals surface area contributed by atoms with Crippen molar-refractivity contribution in [2.24, 2.45) is 0 Å². The first kappa shape index (κ1) is 21.4. The van der Waals surface area contributed by atoms with Gasteiger partial charge < -0.3 is 10.1 Å². The summed E-state index contributed by atoms with van der Waals surface area (Å²) in [7, 11) is -3.56. The second-order valence-electron chi connectivity index (χ2n) is 6.57. The maximum Gasteiger partial charge on any atom is 0.255 e. The number of rotatable bonds is 7. The van der Waals surface area contributed by atoms with Crippen LogP contribution in [0, 0.1) is 0 Å². The Morgan fingerprint density at radius 3 is 2.19 bits per heavy atom. The largest absolute Gasteiger partial charge is 0.490 e. The molecule has 2 N–H and O–H groups in total. The molecule has 0 aliphatic rings. The molecule has 27 heavy (non-hydrogen) atoms. The average Bonchev–Trinajstić information content (AvgIpc) is 2.55. The summed E-state index contributed by atoms with van der Waals surface area (Å²) in [5.74, 6) is 0.358. The molecular weight excluding hydrogens is 432 g/mol. The predicted molar refractivity (Wildman–Crippen MR) is 110 cm³/mol. The van der Waals surface area contributed by atoms with Crippen molar-refractivity contribution in [1.29, 1.82) is 0 Å². The molecule has 2 aromatic rings. The number of nitrogens with one attached hydrogen (secondary N) is 2. The predicted octanol–water partition coefficient (Wildman–Crippen LogP) is 4.18. The lowest BCUT2D eigenvalue weighted by molar-refractivity contribution is 0.102. The van der Waals surface area contributed by atoms with Gasteiger partial charge >= 0.3 is 0 Å². The Morgan fingerprint density at radius 1 is 1.04 bits per heavy atom. The normalized spacial score (nSPS) is 11.7. The van der Waals surface area contributed by atoms with E-state index in [0.717, 1.165) is 0 Å². The summed E-state index contributed by atoms with van der Waals surface area (Å²) in [5, 5.41) is 2.75. The number of carbonyl (C=O) groups excluding carboxylic acids is 1. The highest BCUT2D eigenvalue weighted by Gasteiger charge is 2.16. The standard InChI is InChI=1S/C19H23BrN2O4S/c1-12(2)22-27(24,25)16-8-6-15(7-9-16)21-19(23)14-5-10-18(17(20)11-14)26-13(3)4/h5-13,22H,1-4H3,(H,21,23). The van der Waals surface area contributed by atoms with Crippen LogP contribution in [-0.2, 0) is 10.0 Å². The van der Waals surface area contributed by atoms with E-state index in [4.69, 9.17) is 4.74 Å². The molecule has 1 amide bonds. The first-order chi connectivity index (χ1) is 12.6. The van der Waals surface area contributed by atoms with Crippen molar-refractivity contribution in [3.05, 3.63) is 52.5 Å². The van der Waals surface area contributed by atoms with Crippen LogP contribution in [0.25, 0.3) is 0 Å². The average molecular weight is 455 g/mol. The molecule has 0 spiro atoms. The van der Waals surface area contributed by atoms with Gasteiger partial charge in [-0.15, -0.1) is 0 Å². The summed E-state index contributed by atoms with van der Waals surface area (Å²) in [4.78, 5) is 12.6. The highest BCUT2D eigenvalue weighted by molar-refractivity contribution is 9.10. The topological polar surface area (TPSA) is 84.5 Å². The van der Waals surface area contributed by atoms with Crippen LogP contribution in [0.3, 0.4) is 0 Å². The first-order valence-corrected chi connectivity index (χ1v) is 10.8. The molecule has 0 radical (unpaired) electrons. The van der Waals surface area contributed by atoms with Crippen molar-refractivity contribution in [2.45, 2.75) is 44.7 Å². The maximum absolute atomic E-state index is 12.4. The van der Waals surface area contributed by atoms with Crippen molar-refractivity contribution in [3.63, 3.8) is 0 Å². The van der Waals surface area contributed by atoms with E-state index in [2.05, 4.69) is 26.0 Å². The van der Waals surface area contributed by atoms with E-state index in [9.17, 15) is 13.2 Å². The molecule has 0 aliphatic heterocycles. The van der Waals surface area contributed by atoms with E-state index in [1.807, 2.05) is 13.8 Å². The Kier molecular flexibility index (Phi) is 7.02. The minimum Gasteiger partial charge on any atom is -0.490 e. The van der Waals surface area contributed by atoms with Crippen LogP contribution in [0.15, 0.2) is 51.8 Å². The monoisotopic (exact) mass is 454 g/mol. The van der Waals surface area contributed by atoms with Gasteiger partial charge in [-0.25, -0.2) is 13.1 Å². The first-order valence-electron chi connectivity index (χ1n) is 8.48. The van der Waals surface area contributed by atoms with Crippen molar-refractivity contribution >= 4 is 37.5 Å². The smallest absolute Gasteiger partial charge is 0.255 e. The molecule has 0 fully saturated rings. The molecular formula is C19H23BrN2O4S. The van der Waals surface area contributed by atoms with Crippen LogP contribution in [0.1, 0.15) is 38.1 Å². The summed E-state index contributed by atoms with van der Waals surface area (Å²) in [5.41, 5.74) is 0.957. The zero-order chi connectivity index (χ0) is 20.2. The second kappa shape index (κ2) is 8.86.